The Morgan fingerprint density at radius 2 is 2.40 bits per heavy atom. The Balaban J connectivity index is 2.62. The van der Waals surface area contributed by atoms with Crippen LogP contribution in [0.1, 0.15) is 6.92 Å². The van der Waals surface area contributed by atoms with E-state index < -0.39 is 0 Å². The van der Waals surface area contributed by atoms with Gasteiger partial charge in [0.25, 0.3) is 5.56 Å². The molecule has 0 unspecified atom stereocenters. The fraction of sp³-hybridized carbons (Fsp3) is 0.375. The summed E-state index contributed by atoms with van der Waals surface area (Å²) in [5, 5.41) is 5.37. The molecule has 15 heavy (non-hydrogen) atoms. The summed E-state index contributed by atoms with van der Waals surface area (Å²) >= 11 is 3.07. The lowest BCUT2D eigenvalue weighted by Gasteiger charge is -2.05. The number of hydrogen-bond donors (Lipinski definition) is 3. The monoisotopic (exact) mass is 274 g/mol. The molecule has 0 bridgehead atoms. The predicted molar refractivity (Wildman–Crippen MR) is 59.7 cm³/mol. The number of hydrogen-bond acceptors (Lipinski definition) is 4. The van der Waals surface area contributed by atoms with Crippen LogP contribution in [-0.2, 0) is 4.79 Å². The molecule has 0 atom stereocenters. The number of likely N-dealkylation sites (N-methyl/N-ethyl adjacent to an activating group) is 1. The lowest BCUT2D eigenvalue weighted by atomic mass is 10.5. The molecule has 82 valence electrons. The maximum Gasteiger partial charge on any atom is 0.267 e. The molecule has 1 amide bonds. The first-order valence-electron chi connectivity index (χ1n) is 4.39. The summed E-state index contributed by atoms with van der Waals surface area (Å²) < 4.78 is 0.286. The first-order valence-corrected chi connectivity index (χ1v) is 5.18. The Morgan fingerprint density at radius 1 is 1.67 bits per heavy atom. The zero-order valence-corrected chi connectivity index (χ0v) is 9.72. The molecule has 7 heteroatoms. The van der Waals surface area contributed by atoms with Gasteiger partial charge in [0.05, 0.1) is 12.9 Å². The summed E-state index contributed by atoms with van der Waals surface area (Å²) in [6.07, 6.45) is 1.27. The molecule has 0 radical (unpaired) electrons. The van der Waals surface area contributed by atoms with Crippen LogP contribution >= 0.6 is 15.9 Å². The lowest BCUT2D eigenvalue weighted by Crippen LogP contribution is -2.30. The normalized spacial score (nSPS) is 9.73. The van der Waals surface area contributed by atoms with E-state index in [9.17, 15) is 9.59 Å². The molecule has 3 N–H and O–H groups in total. The van der Waals surface area contributed by atoms with Gasteiger partial charge in [-0.15, -0.1) is 0 Å². The summed E-state index contributed by atoms with van der Waals surface area (Å²) in [5.41, 5.74) is -0.289. The minimum absolute atomic E-state index is 0.0862. The smallest absolute Gasteiger partial charge is 0.267 e. The standard InChI is InChI=1S/C8H11BrN4O2/c1-2-10-5(14)3-11-7-6(9)8(15)13-4-12-7/h4H,2-3H2,1H3,(H,10,14)(H2,11,12,13,15). The molecular formula is C8H11BrN4O2. The average Bonchev–Trinajstić information content (AvgIpc) is 2.21. The zero-order chi connectivity index (χ0) is 11.3. The highest BCUT2D eigenvalue weighted by molar-refractivity contribution is 9.10. The van der Waals surface area contributed by atoms with Gasteiger partial charge in [0, 0.05) is 6.54 Å². The highest BCUT2D eigenvalue weighted by Gasteiger charge is 2.06. The van der Waals surface area contributed by atoms with Gasteiger partial charge in [0.2, 0.25) is 5.91 Å². The third kappa shape index (κ3) is 3.35. The van der Waals surface area contributed by atoms with Crippen molar-refractivity contribution in [3.63, 3.8) is 0 Å². The van der Waals surface area contributed by atoms with E-state index in [0.717, 1.165) is 0 Å². The molecule has 1 heterocycles. The van der Waals surface area contributed by atoms with Gasteiger partial charge in [-0.2, -0.15) is 0 Å². The second-order valence-electron chi connectivity index (χ2n) is 2.70. The van der Waals surface area contributed by atoms with Gasteiger partial charge in [-0.25, -0.2) is 4.98 Å². The van der Waals surface area contributed by atoms with Gasteiger partial charge in [0.15, 0.2) is 0 Å². The first-order chi connectivity index (χ1) is 7.15. The summed E-state index contributed by atoms with van der Waals surface area (Å²) in [5.74, 6) is 0.205. The average molecular weight is 275 g/mol. The van der Waals surface area contributed by atoms with E-state index in [0.29, 0.717) is 12.4 Å². The van der Waals surface area contributed by atoms with Crippen molar-refractivity contribution in [2.45, 2.75) is 6.92 Å². The summed E-state index contributed by atoms with van der Waals surface area (Å²) in [7, 11) is 0. The summed E-state index contributed by atoms with van der Waals surface area (Å²) in [6, 6.07) is 0. The third-order valence-electron chi connectivity index (χ3n) is 1.59. The van der Waals surface area contributed by atoms with Gasteiger partial charge >= 0.3 is 0 Å². The quantitative estimate of drug-likeness (QED) is 0.726. The minimum atomic E-state index is -0.289. The van der Waals surface area contributed by atoms with E-state index >= 15 is 0 Å². The Morgan fingerprint density at radius 3 is 3.07 bits per heavy atom. The fourth-order valence-corrected chi connectivity index (χ4v) is 1.29. The van der Waals surface area contributed by atoms with Crippen LogP contribution in [0.4, 0.5) is 5.82 Å². The molecule has 0 fully saturated rings. The number of carbonyl (C=O) groups excluding carboxylic acids is 1. The summed E-state index contributed by atoms with van der Waals surface area (Å²) in [6.45, 7) is 2.49. The van der Waals surface area contributed by atoms with E-state index in [-0.39, 0.29) is 22.5 Å². The molecule has 1 aromatic heterocycles. The van der Waals surface area contributed by atoms with E-state index in [1.165, 1.54) is 6.33 Å². The second kappa shape index (κ2) is 5.50. The van der Waals surface area contributed by atoms with Crippen molar-refractivity contribution in [1.29, 1.82) is 0 Å². The van der Waals surface area contributed by atoms with Crippen LogP contribution in [0.2, 0.25) is 0 Å². The topological polar surface area (TPSA) is 86.9 Å². The van der Waals surface area contributed by atoms with E-state index in [4.69, 9.17) is 0 Å². The van der Waals surface area contributed by atoms with Crippen molar-refractivity contribution in [2.75, 3.05) is 18.4 Å². The third-order valence-corrected chi connectivity index (χ3v) is 2.32. The fourth-order valence-electron chi connectivity index (χ4n) is 0.930. The molecule has 1 aromatic rings. The van der Waals surface area contributed by atoms with Gasteiger partial charge in [0.1, 0.15) is 10.3 Å². The van der Waals surface area contributed by atoms with Crippen LogP contribution in [-0.4, -0.2) is 29.0 Å². The molecule has 0 aromatic carbocycles. The number of aromatic nitrogens is 2. The molecule has 1 rings (SSSR count). The number of nitrogens with zero attached hydrogens (tertiary/aromatic N) is 1. The maximum atomic E-state index is 11.1. The molecule has 6 nitrogen and oxygen atoms in total. The Labute approximate surface area is 94.6 Å². The molecular weight excluding hydrogens is 264 g/mol. The molecule has 0 aliphatic rings. The SMILES string of the molecule is CCNC(=O)CNc1nc[nH]c(=O)c1Br. The molecule has 0 saturated carbocycles. The number of H-pyrrole nitrogens is 1. The Hall–Kier alpha value is -1.37. The Kier molecular flexibility index (Phi) is 4.29. The van der Waals surface area contributed by atoms with Crippen molar-refractivity contribution in [3.8, 4) is 0 Å². The number of rotatable bonds is 4. The lowest BCUT2D eigenvalue weighted by molar-refractivity contribution is -0.119. The maximum absolute atomic E-state index is 11.1. The van der Waals surface area contributed by atoms with Crippen LogP contribution in [0, 0.1) is 0 Å². The van der Waals surface area contributed by atoms with Crippen molar-refractivity contribution >= 4 is 27.7 Å². The number of halogens is 1. The number of carbonyl (C=O) groups is 1. The number of nitrogens with one attached hydrogen (secondary N) is 3. The highest BCUT2D eigenvalue weighted by Crippen LogP contribution is 2.12. The van der Waals surface area contributed by atoms with E-state index in [2.05, 4.69) is 36.5 Å². The van der Waals surface area contributed by atoms with E-state index in [1.54, 1.807) is 0 Å². The van der Waals surface area contributed by atoms with Crippen molar-refractivity contribution < 1.29 is 4.79 Å². The van der Waals surface area contributed by atoms with Crippen LogP contribution in [0.25, 0.3) is 0 Å². The Bertz CT molecular complexity index is 404. The minimum Gasteiger partial charge on any atom is -0.360 e. The first kappa shape index (κ1) is 11.7. The van der Waals surface area contributed by atoms with Gasteiger partial charge < -0.3 is 15.6 Å². The number of anilines is 1. The molecule has 0 saturated heterocycles. The number of aromatic amines is 1. The van der Waals surface area contributed by atoms with Gasteiger partial charge in [-0.3, -0.25) is 9.59 Å². The van der Waals surface area contributed by atoms with Crippen LogP contribution < -0.4 is 16.2 Å². The van der Waals surface area contributed by atoms with Crippen molar-refractivity contribution in [3.05, 3.63) is 21.2 Å². The number of amides is 1. The highest BCUT2D eigenvalue weighted by atomic mass is 79.9. The van der Waals surface area contributed by atoms with Crippen molar-refractivity contribution in [2.24, 2.45) is 0 Å². The molecule has 0 aliphatic heterocycles. The van der Waals surface area contributed by atoms with Crippen molar-refractivity contribution in [1.82, 2.24) is 15.3 Å². The molecule has 0 spiro atoms. The van der Waals surface area contributed by atoms with Crippen LogP contribution in [0.3, 0.4) is 0 Å². The predicted octanol–water partition coefficient (Wildman–Crippen LogP) is 0.0804. The zero-order valence-electron chi connectivity index (χ0n) is 8.13. The van der Waals surface area contributed by atoms with Gasteiger partial charge in [-0.1, -0.05) is 0 Å². The second-order valence-corrected chi connectivity index (χ2v) is 3.49. The van der Waals surface area contributed by atoms with E-state index in [1.807, 2.05) is 6.92 Å². The largest absolute Gasteiger partial charge is 0.360 e. The van der Waals surface area contributed by atoms with Gasteiger partial charge in [-0.05, 0) is 22.9 Å². The van der Waals surface area contributed by atoms with Crippen LogP contribution in [0.15, 0.2) is 15.6 Å². The molecule has 0 aliphatic carbocycles. The van der Waals surface area contributed by atoms with Crippen LogP contribution in [0.5, 0.6) is 0 Å². The summed E-state index contributed by atoms with van der Waals surface area (Å²) in [4.78, 5) is 28.5.